The minimum atomic E-state index is 0.303. The number of nitrogens with one attached hydrogen (secondary N) is 1. The van der Waals surface area contributed by atoms with Gasteiger partial charge >= 0.3 is 0 Å². The second-order valence-corrected chi connectivity index (χ2v) is 4.13. The normalized spacial score (nSPS) is 11.6. The number of rotatable bonds is 9. The van der Waals surface area contributed by atoms with Crippen molar-refractivity contribution in [1.82, 2.24) is 5.32 Å². The van der Waals surface area contributed by atoms with Gasteiger partial charge in [0, 0.05) is 6.54 Å². The van der Waals surface area contributed by atoms with Gasteiger partial charge in [-0.2, -0.15) is 0 Å². The van der Waals surface area contributed by atoms with Crippen molar-refractivity contribution in [2.45, 2.75) is 33.8 Å². The fraction of sp³-hybridized carbons (Fsp3) is 1.00. The van der Waals surface area contributed by atoms with Gasteiger partial charge in [-0.05, 0) is 26.3 Å². The Bertz CT molecular complexity index is 102. The van der Waals surface area contributed by atoms with Crippen molar-refractivity contribution in [2.24, 2.45) is 5.92 Å². The Labute approximate surface area is 88.2 Å². The topological polar surface area (TPSA) is 30.5 Å². The van der Waals surface area contributed by atoms with Crippen LogP contribution in [0.5, 0.6) is 0 Å². The molecule has 0 radical (unpaired) electrons. The smallest absolute Gasteiger partial charge is 0.0703 e. The fourth-order valence-electron chi connectivity index (χ4n) is 0.980. The molecule has 0 rings (SSSR count). The maximum atomic E-state index is 5.38. The van der Waals surface area contributed by atoms with Crippen molar-refractivity contribution in [1.29, 1.82) is 0 Å². The zero-order valence-electron chi connectivity index (χ0n) is 10.0. The average Bonchev–Trinajstić information content (AvgIpc) is 2.08. The molecular formula is C11H25NO2. The van der Waals surface area contributed by atoms with Crippen LogP contribution in [0.2, 0.25) is 0 Å². The molecule has 3 heteroatoms. The average molecular weight is 203 g/mol. The van der Waals surface area contributed by atoms with E-state index in [1.54, 1.807) is 0 Å². The zero-order chi connectivity index (χ0) is 10.8. The van der Waals surface area contributed by atoms with Crippen molar-refractivity contribution < 1.29 is 9.47 Å². The van der Waals surface area contributed by atoms with Crippen LogP contribution >= 0.6 is 0 Å². The zero-order valence-corrected chi connectivity index (χ0v) is 10.0. The summed E-state index contributed by atoms with van der Waals surface area (Å²) in [4.78, 5) is 0. The van der Waals surface area contributed by atoms with Gasteiger partial charge in [-0.1, -0.05) is 13.8 Å². The van der Waals surface area contributed by atoms with Gasteiger partial charge in [0.1, 0.15) is 0 Å². The van der Waals surface area contributed by atoms with E-state index in [1.165, 1.54) is 0 Å². The highest BCUT2D eigenvalue weighted by Crippen LogP contribution is 1.88. The predicted octanol–water partition coefficient (Wildman–Crippen LogP) is 1.67. The van der Waals surface area contributed by atoms with Crippen molar-refractivity contribution >= 4 is 0 Å². The minimum Gasteiger partial charge on any atom is -0.378 e. The first-order chi connectivity index (χ1) is 6.63. The summed E-state index contributed by atoms with van der Waals surface area (Å²) in [5, 5.41) is 3.32. The van der Waals surface area contributed by atoms with Crippen LogP contribution in [-0.2, 0) is 9.47 Å². The summed E-state index contributed by atoms with van der Waals surface area (Å²) < 4.78 is 10.7. The van der Waals surface area contributed by atoms with Gasteiger partial charge in [0.25, 0.3) is 0 Å². The molecule has 0 spiro atoms. The second-order valence-electron chi connectivity index (χ2n) is 4.13. The summed E-state index contributed by atoms with van der Waals surface area (Å²) in [6.07, 6.45) is 0.303. The van der Waals surface area contributed by atoms with Crippen LogP contribution in [0.1, 0.15) is 27.7 Å². The van der Waals surface area contributed by atoms with Crippen LogP contribution in [0, 0.1) is 5.92 Å². The molecule has 3 nitrogen and oxygen atoms in total. The van der Waals surface area contributed by atoms with Gasteiger partial charge in [0.05, 0.1) is 25.9 Å². The van der Waals surface area contributed by atoms with Crippen LogP contribution in [0.4, 0.5) is 0 Å². The molecule has 0 aromatic carbocycles. The highest BCUT2D eigenvalue weighted by molar-refractivity contribution is 4.49. The molecule has 0 aliphatic heterocycles. The van der Waals surface area contributed by atoms with Crippen molar-refractivity contribution in [3.05, 3.63) is 0 Å². The van der Waals surface area contributed by atoms with Gasteiger partial charge in [0.15, 0.2) is 0 Å². The Morgan fingerprint density at radius 1 is 1.00 bits per heavy atom. The first-order valence-electron chi connectivity index (χ1n) is 5.53. The first kappa shape index (κ1) is 13.9. The van der Waals surface area contributed by atoms with E-state index in [-0.39, 0.29) is 0 Å². The van der Waals surface area contributed by atoms with Gasteiger partial charge in [-0.15, -0.1) is 0 Å². The van der Waals surface area contributed by atoms with E-state index in [1.807, 2.05) is 13.8 Å². The second kappa shape index (κ2) is 9.44. The lowest BCUT2D eigenvalue weighted by Crippen LogP contribution is -2.24. The molecule has 86 valence electrons. The molecule has 0 aromatic rings. The van der Waals surface area contributed by atoms with E-state index in [0.717, 1.165) is 19.7 Å². The first-order valence-corrected chi connectivity index (χ1v) is 5.53. The largest absolute Gasteiger partial charge is 0.378 e. The minimum absolute atomic E-state index is 0.303. The summed E-state index contributed by atoms with van der Waals surface area (Å²) >= 11 is 0. The SMILES string of the molecule is CC(C)CNCCOCCOC(C)C. The Morgan fingerprint density at radius 3 is 2.29 bits per heavy atom. The van der Waals surface area contributed by atoms with Gasteiger partial charge < -0.3 is 14.8 Å². The Balaban J connectivity index is 2.92. The van der Waals surface area contributed by atoms with Crippen LogP contribution in [0.15, 0.2) is 0 Å². The molecule has 0 amide bonds. The number of hydrogen-bond acceptors (Lipinski definition) is 3. The van der Waals surface area contributed by atoms with E-state index in [4.69, 9.17) is 9.47 Å². The molecule has 0 aliphatic rings. The summed E-state index contributed by atoms with van der Waals surface area (Å²) in [5.41, 5.74) is 0. The summed E-state index contributed by atoms with van der Waals surface area (Å²) in [6.45, 7) is 12.6. The number of ether oxygens (including phenoxy) is 2. The maximum absolute atomic E-state index is 5.38. The molecule has 0 aromatic heterocycles. The maximum Gasteiger partial charge on any atom is 0.0703 e. The van der Waals surface area contributed by atoms with Crippen molar-refractivity contribution in [3.63, 3.8) is 0 Å². The number of hydrogen-bond donors (Lipinski definition) is 1. The molecule has 0 bridgehead atoms. The van der Waals surface area contributed by atoms with Gasteiger partial charge in [0.2, 0.25) is 0 Å². The molecule has 0 saturated heterocycles. The summed E-state index contributed by atoms with van der Waals surface area (Å²) in [7, 11) is 0. The molecule has 0 heterocycles. The van der Waals surface area contributed by atoms with Crippen LogP contribution in [-0.4, -0.2) is 39.0 Å². The van der Waals surface area contributed by atoms with Crippen LogP contribution in [0.25, 0.3) is 0 Å². The lowest BCUT2D eigenvalue weighted by atomic mass is 10.2. The van der Waals surface area contributed by atoms with Crippen LogP contribution in [0.3, 0.4) is 0 Å². The summed E-state index contributed by atoms with van der Waals surface area (Å²) in [5.74, 6) is 0.708. The van der Waals surface area contributed by atoms with Gasteiger partial charge in [-0.25, -0.2) is 0 Å². The van der Waals surface area contributed by atoms with Crippen molar-refractivity contribution in [2.75, 3.05) is 32.9 Å². The van der Waals surface area contributed by atoms with Gasteiger partial charge in [-0.3, -0.25) is 0 Å². The third-order valence-corrected chi connectivity index (χ3v) is 1.65. The summed E-state index contributed by atoms with van der Waals surface area (Å²) in [6, 6.07) is 0. The predicted molar refractivity (Wildman–Crippen MR) is 59.6 cm³/mol. The fourth-order valence-corrected chi connectivity index (χ4v) is 0.980. The molecule has 0 fully saturated rings. The monoisotopic (exact) mass is 203 g/mol. The molecule has 0 atom stereocenters. The van der Waals surface area contributed by atoms with Crippen molar-refractivity contribution in [3.8, 4) is 0 Å². The lowest BCUT2D eigenvalue weighted by Gasteiger charge is -2.09. The third-order valence-electron chi connectivity index (χ3n) is 1.65. The van der Waals surface area contributed by atoms with E-state index in [2.05, 4.69) is 19.2 Å². The van der Waals surface area contributed by atoms with E-state index in [9.17, 15) is 0 Å². The Hall–Kier alpha value is -0.120. The molecular weight excluding hydrogens is 178 g/mol. The van der Waals surface area contributed by atoms with E-state index in [0.29, 0.717) is 25.2 Å². The van der Waals surface area contributed by atoms with Crippen LogP contribution < -0.4 is 5.32 Å². The molecule has 0 saturated carbocycles. The van der Waals surface area contributed by atoms with E-state index < -0.39 is 0 Å². The highest BCUT2D eigenvalue weighted by Gasteiger charge is 1.94. The molecule has 0 aliphatic carbocycles. The lowest BCUT2D eigenvalue weighted by molar-refractivity contribution is 0.0203. The molecule has 0 unspecified atom stereocenters. The quantitative estimate of drug-likeness (QED) is 0.578. The molecule has 14 heavy (non-hydrogen) atoms. The van der Waals surface area contributed by atoms with E-state index >= 15 is 0 Å². The molecule has 1 N–H and O–H groups in total. The Morgan fingerprint density at radius 2 is 1.71 bits per heavy atom. The highest BCUT2D eigenvalue weighted by atomic mass is 16.5. The third kappa shape index (κ3) is 11.9. The standard InChI is InChI=1S/C11H25NO2/c1-10(2)9-12-5-6-13-7-8-14-11(3)4/h10-12H,5-9H2,1-4H3. The Kier molecular flexibility index (Phi) is 9.35.